The van der Waals surface area contributed by atoms with Gasteiger partial charge in [0.2, 0.25) is 5.91 Å². The van der Waals surface area contributed by atoms with Gasteiger partial charge in [-0.15, -0.1) is 0 Å². The highest BCUT2D eigenvalue weighted by molar-refractivity contribution is 9.10. The molecular formula is C10H21BrN2O. The van der Waals surface area contributed by atoms with Crippen LogP contribution in [-0.2, 0) is 4.79 Å². The molecule has 0 aliphatic rings. The second kappa shape index (κ2) is 7.23. The fourth-order valence-electron chi connectivity index (χ4n) is 0.910. The molecule has 0 fully saturated rings. The molecule has 0 saturated heterocycles. The summed E-state index contributed by atoms with van der Waals surface area (Å²) in [5.74, 6) is 0.0876. The van der Waals surface area contributed by atoms with Gasteiger partial charge in [0.1, 0.15) is 0 Å². The van der Waals surface area contributed by atoms with E-state index in [2.05, 4.69) is 47.0 Å². The Labute approximate surface area is 95.4 Å². The van der Waals surface area contributed by atoms with Crippen molar-refractivity contribution in [1.29, 1.82) is 0 Å². The van der Waals surface area contributed by atoms with Crippen molar-refractivity contribution in [3.8, 4) is 0 Å². The molecule has 84 valence electrons. The molecule has 0 aliphatic heterocycles. The molecule has 0 radical (unpaired) electrons. The van der Waals surface area contributed by atoms with Crippen molar-refractivity contribution in [3.05, 3.63) is 0 Å². The fourth-order valence-corrected chi connectivity index (χ4v) is 1.07. The zero-order valence-electron chi connectivity index (χ0n) is 9.51. The Kier molecular flexibility index (Phi) is 7.19. The van der Waals surface area contributed by atoms with Crippen LogP contribution in [0.3, 0.4) is 0 Å². The SMILES string of the molecule is CCC(Br)C(=O)NCCN(C)C(C)C. The van der Waals surface area contributed by atoms with Crippen LogP contribution in [0.25, 0.3) is 0 Å². The topological polar surface area (TPSA) is 32.3 Å². The van der Waals surface area contributed by atoms with Gasteiger partial charge in [-0.05, 0) is 27.3 Å². The maximum absolute atomic E-state index is 11.3. The minimum Gasteiger partial charge on any atom is -0.354 e. The van der Waals surface area contributed by atoms with Crippen LogP contribution in [0.2, 0.25) is 0 Å². The fraction of sp³-hybridized carbons (Fsp3) is 0.900. The Balaban J connectivity index is 3.59. The molecule has 0 rings (SSSR count). The van der Waals surface area contributed by atoms with Crippen LogP contribution >= 0.6 is 15.9 Å². The first-order valence-corrected chi connectivity index (χ1v) is 6.02. The van der Waals surface area contributed by atoms with Crippen molar-refractivity contribution >= 4 is 21.8 Å². The lowest BCUT2D eigenvalue weighted by molar-refractivity contribution is -0.120. The molecule has 0 aliphatic carbocycles. The Morgan fingerprint density at radius 3 is 2.50 bits per heavy atom. The number of nitrogens with one attached hydrogen (secondary N) is 1. The zero-order chi connectivity index (χ0) is 11.1. The van der Waals surface area contributed by atoms with E-state index in [1.54, 1.807) is 0 Å². The van der Waals surface area contributed by atoms with Crippen LogP contribution < -0.4 is 5.32 Å². The number of carbonyl (C=O) groups excluding carboxylic acids is 1. The molecule has 0 aromatic heterocycles. The normalized spacial score (nSPS) is 13.4. The lowest BCUT2D eigenvalue weighted by atomic mass is 10.3. The van der Waals surface area contributed by atoms with Gasteiger partial charge in [0.05, 0.1) is 4.83 Å². The number of alkyl halides is 1. The molecular weight excluding hydrogens is 244 g/mol. The van der Waals surface area contributed by atoms with E-state index >= 15 is 0 Å². The number of hydrogen-bond acceptors (Lipinski definition) is 2. The van der Waals surface area contributed by atoms with Crippen LogP contribution in [0.1, 0.15) is 27.2 Å². The van der Waals surface area contributed by atoms with Gasteiger partial charge in [-0.25, -0.2) is 0 Å². The second-order valence-corrected chi connectivity index (χ2v) is 4.85. The molecule has 1 unspecified atom stereocenters. The van der Waals surface area contributed by atoms with E-state index in [4.69, 9.17) is 0 Å². The molecule has 0 heterocycles. The molecule has 1 N–H and O–H groups in total. The molecule has 4 heteroatoms. The van der Waals surface area contributed by atoms with Gasteiger partial charge in [-0.3, -0.25) is 4.79 Å². The predicted molar refractivity (Wildman–Crippen MR) is 63.8 cm³/mol. The van der Waals surface area contributed by atoms with Gasteiger partial charge in [-0.1, -0.05) is 22.9 Å². The van der Waals surface area contributed by atoms with Crippen molar-refractivity contribution in [2.75, 3.05) is 20.1 Å². The summed E-state index contributed by atoms with van der Waals surface area (Å²) < 4.78 is 0. The summed E-state index contributed by atoms with van der Waals surface area (Å²) in [5.41, 5.74) is 0. The van der Waals surface area contributed by atoms with Gasteiger partial charge >= 0.3 is 0 Å². The number of carbonyl (C=O) groups is 1. The first-order chi connectivity index (χ1) is 6.49. The summed E-state index contributed by atoms with van der Waals surface area (Å²) in [6.45, 7) is 7.88. The summed E-state index contributed by atoms with van der Waals surface area (Å²) in [6, 6.07) is 0.526. The molecule has 3 nitrogen and oxygen atoms in total. The van der Waals surface area contributed by atoms with Gasteiger partial charge < -0.3 is 10.2 Å². The van der Waals surface area contributed by atoms with E-state index in [0.29, 0.717) is 6.04 Å². The lowest BCUT2D eigenvalue weighted by Gasteiger charge is -2.21. The molecule has 1 atom stereocenters. The Morgan fingerprint density at radius 2 is 2.07 bits per heavy atom. The van der Waals surface area contributed by atoms with Gasteiger partial charge in [0.15, 0.2) is 0 Å². The molecule has 14 heavy (non-hydrogen) atoms. The van der Waals surface area contributed by atoms with E-state index in [1.165, 1.54) is 0 Å². The summed E-state index contributed by atoms with van der Waals surface area (Å²) >= 11 is 3.31. The van der Waals surface area contributed by atoms with E-state index < -0.39 is 0 Å². The highest BCUT2D eigenvalue weighted by atomic mass is 79.9. The molecule has 0 bridgehead atoms. The molecule has 0 aromatic carbocycles. The monoisotopic (exact) mass is 264 g/mol. The van der Waals surface area contributed by atoms with Crippen LogP contribution in [0.5, 0.6) is 0 Å². The number of likely N-dealkylation sites (N-methyl/N-ethyl adjacent to an activating group) is 1. The van der Waals surface area contributed by atoms with Crippen LogP contribution in [0, 0.1) is 0 Å². The van der Waals surface area contributed by atoms with Crippen molar-refractivity contribution in [3.63, 3.8) is 0 Å². The third-order valence-electron chi connectivity index (χ3n) is 2.29. The van der Waals surface area contributed by atoms with Gasteiger partial charge in [0.25, 0.3) is 0 Å². The maximum Gasteiger partial charge on any atom is 0.233 e. The summed E-state index contributed by atoms with van der Waals surface area (Å²) in [4.78, 5) is 13.5. The first-order valence-electron chi connectivity index (χ1n) is 5.11. The lowest BCUT2D eigenvalue weighted by Crippen LogP contribution is -2.38. The van der Waals surface area contributed by atoms with Crippen molar-refractivity contribution < 1.29 is 4.79 Å². The average molecular weight is 265 g/mol. The maximum atomic E-state index is 11.3. The standard InChI is InChI=1S/C10H21BrN2O/c1-5-9(11)10(14)12-6-7-13(4)8(2)3/h8-9H,5-7H2,1-4H3,(H,12,14). The number of rotatable bonds is 6. The molecule has 0 aromatic rings. The van der Waals surface area contributed by atoms with Crippen LogP contribution in [0.15, 0.2) is 0 Å². The number of amides is 1. The van der Waals surface area contributed by atoms with Crippen molar-refractivity contribution in [2.45, 2.75) is 38.1 Å². The third-order valence-corrected chi connectivity index (χ3v) is 3.35. The van der Waals surface area contributed by atoms with Crippen LogP contribution in [0.4, 0.5) is 0 Å². The van der Waals surface area contributed by atoms with E-state index in [0.717, 1.165) is 19.5 Å². The minimum absolute atomic E-state index is 0.0492. The minimum atomic E-state index is -0.0492. The highest BCUT2D eigenvalue weighted by Crippen LogP contribution is 2.03. The van der Waals surface area contributed by atoms with E-state index in [1.807, 2.05) is 6.92 Å². The smallest absolute Gasteiger partial charge is 0.233 e. The molecule has 0 spiro atoms. The summed E-state index contributed by atoms with van der Waals surface area (Å²) in [7, 11) is 2.06. The Hall–Kier alpha value is -0.0900. The highest BCUT2D eigenvalue weighted by Gasteiger charge is 2.11. The third kappa shape index (κ3) is 5.60. The predicted octanol–water partition coefficient (Wildman–Crippen LogP) is 1.62. The Bertz CT molecular complexity index is 174. The molecule has 0 saturated carbocycles. The van der Waals surface area contributed by atoms with Gasteiger partial charge in [0, 0.05) is 19.1 Å². The Morgan fingerprint density at radius 1 is 1.50 bits per heavy atom. The summed E-state index contributed by atoms with van der Waals surface area (Å²) in [6.07, 6.45) is 0.825. The van der Waals surface area contributed by atoms with Gasteiger partial charge in [-0.2, -0.15) is 0 Å². The molecule has 1 amide bonds. The largest absolute Gasteiger partial charge is 0.354 e. The van der Waals surface area contributed by atoms with E-state index in [-0.39, 0.29) is 10.7 Å². The average Bonchev–Trinajstić information content (AvgIpc) is 2.15. The number of hydrogen-bond donors (Lipinski definition) is 1. The zero-order valence-corrected chi connectivity index (χ0v) is 11.1. The van der Waals surface area contributed by atoms with Crippen molar-refractivity contribution in [2.24, 2.45) is 0 Å². The second-order valence-electron chi connectivity index (χ2n) is 3.74. The van der Waals surface area contributed by atoms with Crippen molar-refractivity contribution in [1.82, 2.24) is 10.2 Å². The number of nitrogens with zero attached hydrogens (tertiary/aromatic N) is 1. The quantitative estimate of drug-likeness (QED) is 0.740. The van der Waals surface area contributed by atoms with Crippen LogP contribution in [-0.4, -0.2) is 41.8 Å². The summed E-state index contributed by atoms with van der Waals surface area (Å²) in [5, 5.41) is 2.89. The first kappa shape index (κ1) is 13.9. The number of halogens is 1. The van der Waals surface area contributed by atoms with E-state index in [9.17, 15) is 4.79 Å².